The lowest BCUT2D eigenvalue weighted by Crippen LogP contribution is -2.30. The molecule has 0 aliphatic heterocycles. The summed E-state index contributed by atoms with van der Waals surface area (Å²) in [5, 5.41) is 2.68. The van der Waals surface area contributed by atoms with Gasteiger partial charge in [-0.05, 0) is 32.0 Å². The molecule has 17 heavy (non-hydrogen) atoms. The van der Waals surface area contributed by atoms with Crippen molar-refractivity contribution in [1.82, 2.24) is 5.32 Å². The van der Waals surface area contributed by atoms with Gasteiger partial charge in [-0.3, -0.25) is 4.79 Å². The summed E-state index contributed by atoms with van der Waals surface area (Å²) in [5.74, 6) is -0.315. The fourth-order valence-corrected chi connectivity index (χ4v) is 2.18. The molecule has 1 aromatic rings. The van der Waals surface area contributed by atoms with Gasteiger partial charge >= 0.3 is 0 Å². The van der Waals surface area contributed by atoms with Crippen LogP contribution in [-0.2, 0) is 9.84 Å². The fraction of sp³-hybridized carbons (Fsp3) is 0.364. The average molecular weight is 256 g/mol. The van der Waals surface area contributed by atoms with E-state index < -0.39 is 9.84 Å². The largest absolute Gasteiger partial charge is 0.398 e. The Morgan fingerprint density at radius 3 is 2.41 bits per heavy atom. The number of carbonyl (C=O) groups is 1. The first-order valence-corrected chi connectivity index (χ1v) is 7.01. The summed E-state index contributed by atoms with van der Waals surface area (Å²) in [6.45, 7) is 3.65. The lowest BCUT2D eigenvalue weighted by molar-refractivity contribution is 0.0943. The van der Waals surface area contributed by atoms with Crippen LogP contribution in [0.15, 0.2) is 23.1 Å². The van der Waals surface area contributed by atoms with Crippen LogP contribution in [0, 0.1) is 0 Å². The maximum Gasteiger partial charge on any atom is 0.251 e. The van der Waals surface area contributed by atoms with E-state index in [2.05, 4.69) is 5.32 Å². The van der Waals surface area contributed by atoms with Crippen LogP contribution >= 0.6 is 0 Å². The predicted molar refractivity (Wildman–Crippen MR) is 66.6 cm³/mol. The van der Waals surface area contributed by atoms with Crippen molar-refractivity contribution < 1.29 is 13.2 Å². The van der Waals surface area contributed by atoms with Crippen molar-refractivity contribution in [2.24, 2.45) is 0 Å². The summed E-state index contributed by atoms with van der Waals surface area (Å²) >= 11 is 0. The molecule has 6 heteroatoms. The molecule has 1 aromatic carbocycles. The van der Waals surface area contributed by atoms with Crippen molar-refractivity contribution in [1.29, 1.82) is 0 Å². The van der Waals surface area contributed by atoms with Gasteiger partial charge in [0.2, 0.25) is 0 Å². The van der Waals surface area contributed by atoms with Crippen LogP contribution in [0.3, 0.4) is 0 Å². The topological polar surface area (TPSA) is 89.3 Å². The summed E-state index contributed by atoms with van der Waals surface area (Å²) in [5.41, 5.74) is 6.00. The van der Waals surface area contributed by atoms with E-state index in [-0.39, 0.29) is 28.1 Å². The molecule has 0 atom stereocenters. The summed E-state index contributed by atoms with van der Waals surface area (Å²) in [6.07, 6.45) is 1.06. The molecule has 0 unspecified atom stereocenters. The molecule has 0 bridgehead atoms. The normalized spacial score (nSPS) is 11.5. The van der Waals surface area contributed by atoms with Gasteiger partial charge in [-0.15, -0.1) is 0 Å². The van der Waals surface area contributed by atoms with Crippen molar-refractivity contribution in [3.63, 3.8) is 0 Å². The summed E-state index contributed by atoms with van der Waals surface area (Å²) in [6, 6.07) is 4.21. The number of amides is 1. The standard InChI is InChI=1S/C11H16N2O3S/c1-7(2)13-11(14)8-4-5-9(12)10(6-8)17(3,15)16/h4-7H,12H2,1-3H3,(H,13,14). The molecule has 0 aliphatic rings. The molecule has 0 heterocycles. The van der Waals surface area contributed by atoms with Gasteiger partial charge in [0.25, 0.3) is 5.91 Å². The van der Waals surface area contributed by atoms with E-state index in [0.717, 1.165) is 6.26 Å². The average Bonchev–Trinajstić information content (AvgIpc) is 2.15. The Morgan fingerprint density at radius 2 is 1.94 bits per heavy atom. The molecule has 5 nitrogen and oxygen atoms in total. The molecule has 0 aliphatic carbocycles. The summed E-state index contributed by atoms with van der Waals surface area (Å²) in [7, 11) is -3.42. The maximum absolute atomic E-state index is 11.7. The number of sulfone groups is 1. The maximum atomic E-state index is 11.7. The third kappa shape index (κ3) is 3.45. The van der Waals surface area contributed by atoms with E-state index in [9.17, 15) is 13.2 Å². The molecule has 1 rings (SSSR count). The van der Waals surface area contributed by atoms with Gasteiger partial charge in [-0.1, -0.05) is 0 Å². The highest BCUT2D eigenvalue weighted by molar-refractivity contribution is 7.90. The summed E-state index contributed by atoms with van der Waals surface area (Å²) in [4.78, 5) is 11.7. The quantitative estimate of drug-likeness (QED) is 0.783. The highest BCUT2D eigenvalue weighted by atomic mass is 32.2. The van der Waals surface area contributed by atoms with Gasteiger partial charge in [0.15, 0.2) is 9.84 Å². The van der Waals surface area contributed by atoms with Crippen molar-refractivity contribution in [2.75, 3.05) is 12.0 Å². The Balaban J connectivity index is 3.18. The van der Waals surface area contributed by atoms with Gasteiger partial charge < -0.3 is 11.1 Å². The zero-order chi connectivity index (χ0) is 13.2. The minimum absolute atomic E-state index is 0.0123. The molecule has 0 radical (unpaired) electrons. The van der Waals surface area contributed by atoms with E-state index in [1.807, 2.05) is 13.8 Å². The second kappa shape index (κ2) is 4.75. The molecule has 0 spiro atoms. The molecular formula is C11H16N2O3S. The molecule has 0 aromatic heterocycles. The highest BCUT2D eigenvalue weighted by Crippen LogP contribution is 2.19. The minimum atomic E-state index is -3.42. The third-order valence-corrected chi connectivity index (χ3v) is 3.25. The number of nitrogen functional groups attached to an aromatic ring is 1. The second-order valence-electron chi connectivity index (χ2n) is 4.15. The van der Waals surface area contributed by atoms with Gasteiger partial charge in [0.1, 0.15) is 0 Å². The molecule has 3 N–H and O–H groups in total. The molecule has 0 saturated heterocycles. The molecule has 94 valence electrons. The number of benzene rings is 1. The Morgan fingerprint density at radius 1 is 1.35 bits per heavy atom. The first kappa shape index (κ1) is 13.5. The number of hydrogen-bond donors (Lipinski definition) is 2. The lowest BCUT2D eigenvalue weighted by atomic mass is 10.2. The van der Waals surface area contributed by atoms with Crippen LogP contribution in [-0.4, -0.2) is 26.6 Å². The van der Waals surface area contributed by atoms with E-state index >= 15 is 0 Å². The first-order valence-electron chi connectivity index (χ1n) is 5.12. The predicted octanol–water partition coefficient (Wildman–Crippen LogP) is 0.810. The Hall–Kier alpha value is -1.56. The third-order valence-electron chi connectivity index (χ3n) is 2.09. The zero-order valence-corrected chi connectivity index (χ0v) is 10.8. The van der Waals surface area contributed by atoms with Crippen molar-refractivity contribution in [3.8, 4) is 0 Å². The number of hydrogen-bond acceptors (Lipinski definition) is 4. The fourth-order valence-electron chi connectivity index (χ4n) is 1.34. The molecule has 0 saturated carbocycles. The number of nitrogens with two attached hydrogens (primary N) is 1. The van der Waals surface area contributed by atoms with Gasteiger partial charge in [-0.2, -0.15) is 0 Å². The molecule has 1 amide bonds. The summed E-state index contributed by atoms with van der Waals surface area (Å²) < 4.78 is 22.9. The Labute approximate surface area is 101 Å². The minimum Gasteiger partial charge on any atom is -0.398 e. The number of anilines is 1. The first-order chi connectivity index (χ1) is 7.71. The molecular weight excluding hydrogens is 240 g/mol. The van der Waals surface area contributed by atoms with Crippen LogP contribution in [0.2, 0.25) is 0 Å². The van der Waals surface area contributed by atoms with Crippen LogP contribution in [0.4, 0.5) is 5.69 Å². The Kier molecular flexibility index (Phi) is 3.77. The van der Waals surface area contributed by atoms with Gasteiger partial charge in [0, 0.05) is 17.9 Å². The highest BCUT2D eigenvalue weighted by Gasteiger charge is 2.15. The van der Waals surface area contributed by atoms with Crippen LogP contribution in [0.5, 0.6) is 0 Å². The van der Waals surface area contributed by atoms with Crippen LogP contribution in [0.25, 0.3) is 0 Å². The van der Waals surface area contributed by atoms with E-state index in [1.165, 1.54) is 18.2 Å². The van der Waals surface area contributed by atoms with Crippen LogP contribution in [0.1, 0.15) is 24.2 Å². The van der Waals surface area contributed by atoms with E-state index in [4.69, 9.17) is 5.73 Å². The van der Waals surface area contributed by atoms with Gasteiger partial charge in [0.05, 0.1) is 10.6 Å². The number of rotatable bonds is 3. The smallest absolute Gasteiger partial charge is 0.251 e. The van der Waals surface area contributed by atoms with Gasteiger partial charge in [-0.25, -0.2) is 8.42 Å². The molecule has 0 fully saturated rings. The van der Waals surface area contributed by atoms with Crippen molar-refractivity contribution >= 4 is 21.4 Å². The van der Waals surface area contributed by atoms with E-state index in [0.29, 0.717) is 0 Å². The Bertz CT molecular complexity index is 536. The SMILES string of the molecule is CC(C)NC(=O)c1ccc(N)c(S(C)(=O)=O)c1. The zero-order valence-electron chi connectivity index (χ0n) is 10.0. The van der Waals surface area contributed by atoms with Crippen molar-refractivity contribution in [3.05, 3.63) is 23.8 Å². The number of nitrogens with one attached hydrogen (secondary N) is 1. The van der Waals surface area contributed by atoms with Crippen molar-refractivity contribution in [2.45, 2.75) is 24.8 Å². The lowest BCUT2D eigenvalue weighted by Gasteiger charge is -2.10. The van der Waals surface area contributed by atoms with Crippen LogP contribution < -0.4 is 11.1 Å². The van der Waals surface area contributed by atoms with E-state index in [1.54, 1.807) is 0 Å². The monoisotopic (exact) mass is 256 g/mol. The number of carbonyl (C=O) groups excluding carboxylic acids is 1. The second-order valence-corrected chi connectivity index (χ2v) is 6.14.